The summed E-state index contributed by atoms with van der Waals surface area (Å²) in [4.78, 5) is 13.8. The average Bonchev–Trinajstić information content (AvgIpc) is 2.94. The van der Waals surface area contributed by atoms with Gasteiger partial charge in [-0.25, -0.2) is 8.42 Å². The highest BCUT2D eigenvalue weighted by molar-refractivity contribution is 7.91. The zero-order valence-electron chi connectivity index (χ0n) is 13.0. The standard InChI is InChI=1S/C14H23N3O3S/c1-14(2,3)12-7-11(15-16-12)8-17(4)13(18)10-5-6-21(19,20)9-10/h7,10H,5-6,8-9H2,1-4H3,(H,15,16)/t10-/m0/s1. The van der Waals surface area contributed by atoms with Gasteiger partial charge in [-0.2, -0.15) is 5.10 Å². The highest BCUT2D eigenvalue weighted by Crippen LogP contribution is 2.23. The molecule has 0 radical (unpaired) electrons. The van der Waals surface area contributed by atoms with E-state index in [1.165, 1.54) is 0 Å². The lowest BCUT2D eigenvalue weighted by molar-refractivity contribution is -0.134. The van der Waals surface area contributed by atoms with Gasteiger partial charge in [0.2, 0.25) is 5.91 Å². The lowest BCUT2D eigenvalue weighted by Gasteiger charge is -2.19. The topological polar surface area (TPSA) is 83.1 Å². The van der Waals surface area contributed by atoms with Crippen LogP contribution >= 0.6 is 0 Å². The Morgan fingerprint density at radius 1 is 1.48 bits per heavy atom. The molecule has 2 rings (SSSR count). The molecule has 1 aliphatic rings. The number of amides is 1. The Morgan fingerprint density at radius 2 is 2.14 bits per heavy atom. The van der Waals surface area contributed by atoms with Crippen LogP contribution in [0.2, 0.25) is 0 Å². The Morgan fingerprint density at radius 3 is 2.62 bits per heavy atom. The molecule has 7 heteroatoms. The van der Waals surface area contributed by atoms with Crippen LogP contribution in [-0.2, 0) is 26.6 Å². The number of hydrogen-bond acceptors (Lipinski definition) is 4. The minimum Gasteiger partial charge on any atom is -0.340 e. The van der Waals surface area contributed by atoms with Crippen LogP contribution in [0.4, 0.5) is 0 Å². The van der Waals surface area contributed by atoms with Crippen LogP contribution in [0.3, 0.4) is 0 Å². The van der Waals surface area contributed by atoms with Crippen molar-refractivity contribution in [1.29, 1.82) is 0 Å². The molecule has 0 aromatic carbocycles. The van der Waals surface area contributed by atoms with Gasteiger partial charge in [0, 0.05) is 12.5 Å². The summed E-state index contributed by atoms with van der Waals surface area (Å²) in [6.45, 7) is 6.64. The van der Waals surface area contributed by atoms with Gasteiger partial charge in [0.15, 0.2) is 9.84 Å². The van der Waals surface area contributed by atoms with E-state index in [0.29, 0.717) is 13.0 Å². The number of carbonyl (C=O) groups is 1. The smallest absolute Gasteiger partial charge is 0.226 e. The van der Waals surface area contributed by atoms with Crippen LogP contribution in [0.25, 0.3) is 0 Å². The fraction of sp³-hybridized carbons (Fsp3) is 0.714. The fourth-order valence-electron chi connectivity index (χ4n) is 2.46. The van der Waals surface area contributed by atoms with Gasteiger partial charge in [-0.1, -0.05) is 20.8 Å². The molecule has 1 aliphatic heterocycles. The van der Waals surface area contributed by atoms with Crippen LogP contribution in [0.5, 0.6) is 0 Å². The lowest BCUT2D eigenvalue weighted by Crippen LogP contribution is -2.33. The molecule has 0 spiro atoms. The highest BCUT2D eigenvalue weighted by Gasteiger charge is 2.34. The Bertz CT molecular complexity index is 628. The first-order chi connectivity index (χ1) is 9.58. The van der Waals surface area contributed by atoms with Gasteiger partial charge in [0.25, 0.3) is 0 Å². The molecule has 118 valence electrons. The van der Waals surface area contributed by atoms with Gasteiger partial charge in [0.05, 0.1) is 35.4 Å². The molecule has 0 saturated carbocycles. The molecule has 1 amide bonds. The summed E-state index contributed by atoms with van der Waals surface area (Å²) >= 11 is 0. The minimum atomic E-state index is -3.03. The Balaban J connectivity index is 2.00. The first-order valence-electron chi connectivity index (χ1n) is 7.09. The molecule has 1 N–H and O–H groups in total. The van der Waals surface area contributed by atoms with Crippen LogP contribution in [0.1, 0.15) is 38.6 Å². The summed E-state index contributed by atoms with van der Waals surface area (Å²) in [7, 11) is -1.33. The van der Waals surface area contributed by atoms with Crippen molar-refractivity contribution < 1.29 is 13.2 Å². The molecule has 1 atom stereocenters. The molecule has 1 fully saturated rings. The maximum Gasteiger partial charge on any atom is 0.226 e. The van der Waals surface area contributed by atoms with Gasteiger partial charge in [-0.15, -0.1) is 0 Å². The second-order valence-electron chi connectivity index (χ2n) is 6.82. The van der Waals surface area contributed by atoms with Gasteiger partial charge in [-0.3, -0.25) is 9.89 Å². The Labute approximate surface area is 125 Å². The summed E-state index contributed by atoms with van der Waals surface area (Å²) in [5, 5.41) is 7.20. The molecule has 0 unspecified atom stereocenters. The van der Waals surface area contributed by atoms with Gasteiger partial charge < -0.3 is 4.90 Å². The summed E-state index contributed by atoms with van der Waals surface area (Å²) < 4.78 is 22.9. The summed E-state index contributed by atoms with van der Waals surface area (Å²) in [6, 6.07) is 1.95. The first-order valence-corrected chi connectivity index (χ1v) is 8.91. The van der Waals surface area contributed by atoms with E-state index >= 15 is 0 Å². The monoisotopic (exact) mass is 313 g/mol. The van der Waals surface area contributed by atoms with Crippen molar-refractivity contribution in [2.45, 2.75) is 39.2 Å². The quantitative estimate of drug-likeness (QED) is 0.906. The molecule has 0 aliphatic carbocycles. The third-order valence-corrected chi connectivity index (χ3v) is 5.53. The van der Waals surface area contributed by atoms with E-state index in [4.69, 9.17) is 0 Å². The predicted molar refractivity (Wildman–Crippen MR) is 80.5 cm³/mol. The summed E-state index contributed by atoms with van der Waals surface area (Å²) in [5.74, 6) is -0.407. The van der Waals surface area contributed by atoms with Crippen molar-refractivity contribution >= 4 is 15.7 Å². The van der Waals surface area contributed by atoms with Crippen LogP contribution in [0.15, 0.2) is 6.07 Å². The largest absolute Gasteiger partial charge is 0.340 e. The van der Waals surface area contributed by atoms with Crippen molar-refractivity contribution in [2.24, 2.45) is 5.92 Å². The number of H-pyrrole nitrogens is 1. The molecular formula is C14H23N3O3S. The third-order valence-electron chi connectivity index (χ3n) is 3.76. The second-order valence-corrected chi connectivity index (χ2v) is 9.05. The summed E-state index contributed by atoms with van der Waals surface area (Å²) in [6.07, 6.45) is 0.432. The molecule has 1 aromatic rings. The number of nitrogens with zero attached hydrogens (tertiary/aromatic N) is 2. The first kappa shape index (κ1) is 16.0. The van der Waals surface area contributed by atoms with E-state index < -0.39 is 15.8 Å². The molecule has 21 heavy (non-hydrogen) atoms. The average molecular weight is 313 g/mol. The number of aromatic amines is 1. The number of hydrogen-bond donors (Lipinski definition) is 1. The molecule has 1 saturated heterocycles. The van der Waals surface area contributed by atoms with Crippen molar-refractivity contribution in [3.63, 3.8) is 0 Å². The number of rotatable bonds is 3. The van der Waals surface area contributed by atoms with Gasteiger partial charge in [-0.05, 0) is 12.5 Å². The SMILES string of the molecule is CN(Cc1cc(C(C)(C)C)n[nH]1)C(=O)[C@H]1CCS(=O)(=O)C1. The fourth-order valence-corrected chi connectivity index (χ4v) is 4.19. The number of sulfone groups is 1. The molecule has 6 nitrogen and oxygen atoms in total. The van der Waals surface area contributed by atoms with Gasteiger partial charge >= 0.3 is 0 Å². The van der Waals surface area contributed by atoms with E-state index in [9.17, 15) is 13.2 Å². The van der Waals surface area contributed by atoms with Crippen molar-refractivity contribution in [2.75, 3.05) is 18.6 Å². The molecule has 2 heterocycles. The van der Waals surface area contributed by atoms with Gasteiger partial charge in [0.1, 0.15) is 0 Å². The normalized spacial score (nSPS) is 21.4. The van der Waals surface area contributed by atoms with E-state index in [1.54, 1.807) is 11.9 Å². The lowest BCUT2D eigenvalue weighted by atomic mass is 9.92. The second kappa shape index (κ2) is 5.44. The number of nitrogens with one attached hydrogen (secondary N) is 1. The van der Waals surface area contributed by atoms with Crippen LogP contribution < -0.4 is 0 Å². The predicted octanol–water partition coefficient (Wildman–Crippen LogP) is 1.10. The summed E-state index contributed by atoms with van der Waals surface area (Å²) in [5.41, 5.74) is 1.76. The van der Waals surface area contributed by atoms with E-state index in [0.717, 1.165) is 11.4 Å². The zero-order valence-corrected chi connectivity index (χ0v) is 13.8. The van der Waals surface area contributed by atoms with Crippen molar-refractivity contribution in [1.82, 2.24) is 15.1 Å². The molecule has 0 bridgehead atoms. The minimum absolute atomic E-state index is 0.0214. The van der Waals surface area contributed by atoms with E-state index in [-0.39, 0.29) is 22.8 Å². The number of aromatic nitrogens is 2. The third kappa shape index (κ3) is 3.84. The maximum atomic E-state index is 12.3. The van der Waals surface area contributed by atoms with Crippen molar-refractivity contribution in [3.8, 4) is 0 Å². The molecular weight excluding hydrogens is 290 g/mol. The van der Waals surface area contributed by atoms with Crippen molar-refractivity contribution in [3.05, 3.63) is 17.5 Å². The zero-order chi connectivity index (χ0) is 15.8. The van der Waals surface area contributed by atoms with E-state index in [1.807, 2.05) is 6.07 Å². The Hall–Kier alpha value is -1.37. The van der Waals surface area contributed by atoms with Crippen LogP contribution in [-0.4, -0.2) is 48.0 Å². The molecule has 1 aromatic heterocycles. The van der Waals surface area contributed by atoms with Crippen LogP contribution in [0, 0.1) is 5.92 Å². The Kier molecular flexibility index (Phi) is 4.15. The highest BCUT2D eigenvalue weighted by atomic mass is 32.2. The number of carbonyl (C=O) groups excluding carboxylic acids is 1. The maximum absolute atomic E-state index is 12.3. The van der Waals surface area contributed by atoms with E-state index in [2.05, 4.69) is 31.0 Å².